The Kier molecular flexibility index (Phi) is 6.08. The second kappa shape index (κ2) is 9.09. The van der Waals surface area contributed by atoms with E-state index in [1.54, 1.807) is 30.3 Å². The molecule has 0 fully saturated rings. The molecule has 0 aliphatic rings. The predicted molar refractivity (Wildman–Crippen MR) is 126 cm³/mol. The van der Waals surface area contributed by atoms with Gasteiger partial charge in [0.15, 0.2) is 0 Å². The van der Waals surface area contributed by atoms with Gasteiger partial charge in [-0.2, -0.15) is 5.26 Å². The highest BCUT2D eigenvalue weighted by Crippen LogP contribution is 2.26. The summed E-state index contributed by atoms with van der Waals surface area (Å²) < 4.78 is 2.06. The molecule has 4 aromatic rings. The fraction of sp³-hybridized carbons (Fsp3) is 0.0400. The van der Waals surface area contributed by atoms with Crippen LogP contribution in [0.15, 0.2) is 84.6 Å². The summed E-state index contributed by atoms with van der Waals surface area (Å²) in [6.07, 6.45) is 3.53. The highest BCUT2D eigenvalue weighted by Gasteiger charge is 2.13. The Morgan fingerprint density at radius 2 is 1.81 bits per heavy atom. The number of hydrogen-bond donors (Lipinski definition) is 1. The maximum Gasteiger partial charge on any atom is 0.266 e. The number of aromatic nitrogens is 1. The van der Waals surface area contributed by atoms with Crippen molar-refractivity contribution in [1.82, 2.24) is 4.57 Å². The van der Waals surface area contributed by atoms with E-state index in [1.165, 1.54) is 0 Å². The number of nitrogens with zero attached hydrogens (tertiary/aromatic N) is 2. The largest absolute Gasteiger partial charge is 0.342 e. The zero-order valence-electron chi connectivity index (χ0n) is 16.3. The van der Waals surface area contributed by atoms with E-state index in [0.29, 0.717) is 22.3 Å². The second-order valence-electron chi connectivity index (χ2n) is 6.96. The minimum absolute atomic E-state index is 0.000576. The molecule has 4 rings (SSSR count). The fourth-order valence-corrected chi connectivity index (χ4v) is 3.79. The van der Waals surface area contributed by atoms with Crippen molar-refractivity contribution in [2.24, 2.45) is 0 Å². The molecule has 1 aromatic heterocycles. The molecular weight excluding hydrogens is 429 g/mol. The van der Waals surface area contributed by atoms with Gasteiger partial charge in [-0.05, 0) is 42.0 Å². The van der Waals surface area contributed by atoms with Crippen molar-refractivity contribution >= 4 is 51.8 Å². The van der Waals surface area contributed by atoms with Crippen LogP contribution in [0.4, 0.5) is 5.69 Å². The van der Waals surface area contributed by atoms with E-state index < -0.39 is 5.91 Å². The third-order valence-electron chi connectivity index (χ3n) is 4.87. The number of amides is 1. The van der Waals surface area contributed by atoms with Crippen LogP contribution in [0.5, 0.6) is 0 Å². The van der Waals surface area contributed by atoms with Gasteiger partial charge < -0.3 is 9.88 Å². The van der Waals surface area contributed by atoms with Crippen LogP contribution in [0.2, 0.25) is 10.0 Å². The molecular formula is C25H17Cl2N3O. The first-order chi connectivity index (χ1) is 15.0. The molecule has 0 unspecified atom stereocenters. The summed E-state index contributed by atoms with van der Waals surface area (Å²) in [6, 6.07) is 24.3. The van der Waals surface area contributed by atoms with Crippen molar-refractivity contribution in [2.45, 2.75) is 6.54 Å². The molecule has 6 heteroatoms. The number of benzene rings is 3. The first-order valence-electron chi connectivity index (χ1n) is 9.55. The van der Waals surface area contributed by atoms with Crippen LogP contribution >= 0.6 is 23.2 Å². The van der Waals surface area contributed by atoms with E-state index >= 15 is 0 Å². The minimum Gasteiger partial charge on any atom is -0.342 e. The summed E-state index contributed by atoms with van der Waals surface area (Å²) in [4.78, 5) is 12.7. The molecule has 0 aliphatic carbocycles. The third-order valence-corrected chi connectivity index (χ3v) is 5.47. The number of rotatable bonds is 5. The van der Waals surface area contributed by atoms with Gasteiger partial charge in [0.05, 0.1) is 0 Å². The average Bonchev–Trinajstić information content (AvgIpc) is 3.11. The van der Waals surface area contributed by atoms with Gasteiger partial charge in [0.25, 0.3) is 5.91 Å². The molecule has 4 nitrogen and oxygen atoms in total. The summed E-state index contributed by atoms with van der Waals surface area (Å²) in [6.45, 7) is 0.574. The number of nitrogens with one attached hydrogen (secondary N) is 1. The van der Waals surface area contributed by atoms with Gasteiger partial charge in [-0.3, -0.25) is 4.79 Å². The van der Waals surface area contributed by atoms with Crippen LogP contribution in [0.1, 0.15) is 11.1 Å². The van der Waals surface area contributed by atoms with E-state index in [9.17, 15) is 10.1 Å². The summed E-state index contributed by atoms with van der Waals surface area (Å²) in [5.74, 6) is -0.493. The molecule has 0 aliphatic heterocycles. The van der Waals surface area contributed by atoms with Gasteiger partial charge in [-0.25, -0.2) is 0 Å². The van der Waals surface area contributed by atoms with Crippen LogP contribution in [0.25, 0.3) is 17.0 Å². The SMILES string of the molecule is N#C/C(=C/c1cn(Cc2ccccc2Cl)c2ccccc12)C(=O)Nc1cccc(Cl)c1. The Hall–Kier alpha value is -3.52. The number of para-hydroxylation sites is 1. The number of hydrogen-bond acceptors (Lipinski definition) is 2. The van der Waals surface area contributed by atoms with E-state index in [0.717, 1.165) is 22.0 Å². The van der Waals surface area contributed by atoms with Gasteiger partial charge in [0.1, 0.15) is 11.6 Å². The van der Waals surface area contributed by atoms with Crippen LogP contribution in [0, 0.1) is 11.3 Å². The number of fused-ring (bicyclic) bond motifs is 1. The van der Waals surface area contributed by atoms with Crippen LogP contribution < -0.4 is 5.32 Å². The van der Waals surface area contributed by atoms with Gasteiger partial charge in [0, 0.05) is 44.9 Å². The number of anilines is 1. The first-order valence-corrected chi connectivity index (χ1v) is 10.3. The lowest BCUT2D eigenvalue weighted by atomic mass is 10.1. The number of nitriles is 1. The molecule has 0 spiro atoms. The van der Waals surface area contributed by atoms with Crippen molar-refractivity contribution in [2.75, 3.05) is 5.32 Å². The van der Waals surface area contributed by atoms with Crippen molar-refractivity contribution in [3.63, 3.8) is 0 Å². The molecule has 152 valence electrons. The summed E-state index contributed by atoms with van der Waals surface area (Å²) in [7, 11) is 0. The lowest BCUT2D eigenvalue weighted by Gasteiger charge is -2.07. The quantitative estimate of drug-likeness (QED) is 0.280. The molecule has 0 atom stereocenters. The second-order valence-corrected chi connectivity index (χ2v) is 7.80. The molecule has 0 radical (unpaired) electrons. The van der Waals surface area contributed by atoms with Gasteiger partial charge >= 0.3 is 0 Å². The topological polar surface area (TPSA) is 57.8 Å². The molecule has 3 aromatic carbocycles. The summed E-state index contributed by atoms with van der Waals surface area (Å²) >= 11 is 12.3. The predicted octanol–water partition coefficient (Wildman–Crippen LogP) is 6.54. The Labute approximate surface area is 189 Å². The zero-order chi connectivity index (χ0) is 21.8. The van der Waals surface area contributed by atoms with Gasteiger partial charge in [0.2, 0.25) is 0 Å². The summed E-state index contributed by atoms with van der Waals surface area (Å²) in [5.41, 5.74) is 3.28. The van der Waals surface area contributed by atoms with Crippen molar-refractivity contribution in [3.05, 3.63) is 106 Å². The fourth-order valence-electron chi connectivity index (χ4n) is 3.40. The maximum absolute atomic E-state index is 12.7. The monoisotopic (exact) mass is 445 g/mol. The Morgan fingerprint density at radius 1 is 1.03 bits per heavy atom. The van der Waals surface area contributed by atoms with Gasteiger partial charge in [-0.15, -0.1) is 0 Å². The molecule has 31 heavy (non-hydrogen) atoms. The number of carbonyl (C=O) groups excluding carboxylic acids is 1. The van der Waals surface area contributed by atoms with Gasteiger partial charge in [-0.1, -0.05) is 65.7 Å². The van der Waals surface area contributed by atoms with Crippen LogP contribution in [-0.2, 0) is 11.3 Å². The standard InChI is InChI=1S/C25H17Cl2N3O/c26-20-7-5-8-21(13-20)29-25(31)18(14-28)12-19-16-30(24-11-4-2-9-22(19)24)15-17-6-1-3-10-23(17)27/h1-13,16H,15H2,(H,29,31)/b18-12-. The van der Waals surface area contributed by atoms with Crippen molar-refractivity contribution in [1.29, 1.82) is 5.26 Å². The van der Waals surface area contributed by atoms with Crippen LogP contribution in [-0.4, -0.2) is 10.5 Å². The Bertz CT molecular complexity index is 1350. The van der Waals surface area contributed by atoms with E-state index in [-0.39, 0.29) is 5.57 Å². The minimum atomic E-state index is -0.493. The third kappa shape index (κ3) is 4.64. The van der Waals surface area contributed by atoms with E-state index in [1.807, 2.05) is 60.8 Å². The van der Waals surface area contributed by atoms with Crippen LogP contribution in [0.3, 0.4) is 0 Å². The molecule has 1 N–H and O–H groups in total. The van der Waals surface area contributed by atoms with E-state index in [2.05, 4.69) is 9.88 Å². The molecule has 0 saturated heterocycles. The lowest BCUT2D eigenvalue weighted by molar-refractivity contribution is -0.112. The van der Waals surface area contributed by atoms with E-state index in [4.69, 9.17) is 23.2 Å². The highest BCUT2D eigenvalue weighted by molar-refractivity contribution is 6.31. The normalized spacial score (nSPS) is 11.3. The highest BCUT2D eigenvalue weighted by atomic mass is 35.5. The van der Waals surface area contributed by atoms with Crippen molar-refractivity contribution < 1.29 is 4.79 Å². The molecule has 1 amide bonds. The first kappa shape index (κ1) is 20.7. The number of carbonyl (C=O) groups is 1. The smallest absolute Gasteiger partial charge is 0.266 e. The molecule has 0 saturated carbocycles. The molecule has 1 heterocycles. The number of halogens is 2. The zero-order valence-corrected chi connectivity index (χ0v) is 17.9. The molecule has 0 bridgehead atoms. The summed E-state index contributed by atoms with van der Waals surface area (Å²) in [5, 5.41) is 14.5. The lowest BCUT2D eigenvalue weighted by Crippen LogP contribution is -2.13. The maximum atomic E-state index is 12.7. The average molecular weight is 446 g/mol. The Balaban J connectivity index is 1.70. The van der Waals surface area contributed by atoms with Crippen molar-refractivity contribution in [3.8, 4) is 6.07 Å². The Morgan fingerprint density at radius 3 is 2.58 bits per heavy atom.